The third-order valence-electron chi connectivity index (χ3n) is 5.15. The second-order valence-electron chi connectivity index (χ2n) is 7.26. The lowest BCUT2D eigenvalue weighted by atomic mass is 10.0. The van der Waals surface area contributed by atoms with E-state index in [1.165, 1.54) is 50.1 Å². The van der Waals surface area contributed by atoms with E-state index in [-0.39, 0.29) is 24.0 Å². The van der Waals surface area contributed by atoms with Gasteiger partial charge in [-0.25, -0.2) is 0 Å². The normalized spacial score (nSPS) is 14.2. The van der Waals surface area contributed by atoms with Crippen LogP contribution in [0.25, 0.3) is 0 Å². The van der Waals surface area contributed by atoms with Gasteiger partial charge in [-0.2, -0.15) is 0 Å². The van der Waals surface area contributed by atoms with Gasteiger partial charge in [0.1, 0.15) is 5.75 Å². The third-order valence-corrected chi connectivity index (χ3v) is 5.15. The topological polar surface area (TPSA) is 93.9 Å². The summed E-state index contributed by atoms with van der Waals surface area (Å²) in [5.41, 5.74) is 2.16. The number of rotatable bonds is 9. The standard InChI is InChI=1S/C22H27N3O5/c1-29-21-13-19(9-10-20(21)25(27)28)30-16-22(26)23-14-17-7-3-4-8-18(17)15-24-11-5-2-6-12-24/h3-4,7-10,13H,2,5-6,11-12,14-16H2,1H3,(H,23,26). The van der Waals surface area contributed by atoms with Crippen LogP contribution in [0.15, 0.2) is 42.5 Å². The fourth-order valence-electron chi connectivity index (χ4n) is 3.53. The number of nitro benzene ring substituents is 1. The van der Waals surface area contributed by atoms with E-state index in [4.69, 9.17) is 9.47 Å². The smallest absolute Gasteiger partial charge is 0.311 e. The molecule has 1 fully saturated rings. The Morgan fingerprint density at radius 2 is 1.87 bits per heavy atom. The molecule has 1 amide bonds. The lowest BCUT2D eigenvalue weighted by Gasteiger charge is -2.27. The zero-order valence-electron chi connectivity index (χ0n) is 17.1. The average molecular weight is 413 g/mol. The molecule has 160 valence electrons. The van der Waals surface area contributed by atoms with Gasteiger partial charge in [0.2, 0.25) is 5.75 Å². The van der Waals surface area contributed by atoms with Gasteiger partial charge in [-0.3, -0.25) is 19.8 Å². The van der Waals surface area contributed by atoms with Crippen molar-refractivity contribution in [1.29, 1.82) is 0 Å². The molecule has 0 spiro atoms. The van der Waals surface area contributed by atoms with Gasteiger partial charge < -0.3 is 14.8 Å². The minimum Gasteiger partial charge on any atom is -0.490 e. The van der Waals surface area contributed by atoms with Crippen LogP contribution in [0, 0.1) is 10.1 Å². The molecular weight excluding hydrogens is 386 g/mol. The van der Waals surface area contributed by atoms with Crippen LogP contribution in [0.4, 0.5) is 5.69 Å². The third kappa shape index (κ3) is 5.93. The van der Waals surface area contributed by atoms with E-state index in [0.29, 0.717) is 12.3 Å². The maximum absolute atomic E-state index is 12.2. The lowest BCUT2D eigenvalue weighted by molar-refractivity contribution is -0.385. The molecule has 0 radical (unpaired) electrons. The molecule has 1 aliphatic rings. The summed E-state index contributed by atoms with van der Waals surface area (Å²) in [6, 6.07) is 12.3. The summed E-state index contributed by atoms with van der Waals surface area (Å²) >= 11 is 0. The van der Waals surface area contributed by atoms with Crippen molar-refractivity contribution in [2.24, 2.45) is 0 Å². The van der Waals surface area contributed by atoms with E-state index < -0.39 is 4.92 Å². The maximum Gasteiger partial charge on any atom is 0.311 e. The number of nitrogens with zero attached hydrogens (tertiary/aromatic N) is 2. The van der Waals surface area contributed by atoms with E-state index in [2.05, 4.69) is 16.3 Å². The molecule has 0 aromatic heterocycles. The van der Waals surface area contributed by atoms with Crippen LogP contribution in [0.3, 0.4) is 0 Å². The highest BCUT2D eigenvalue weighted by atomic mass is 16.6. The van der Waals surface area contributed by atoms with E-state index in [1.807, 2.05) is 18.2 Å². The molecule has 1 heterocycles. The van der Waals surface area contributed by atoms with E-state index in [0.717, 1.165) is 25.2 Å². The van der Waals surface area contributed by atoms with Crippen molar-refractivity contribution in [3.05, 3.63) is 63.7 Å². The molecule has 3 rings (SSSR count). The molecule has 1 saturated heterocycles. The molecule has 0 bridgehead atoms. The fraction of sp³-hybridized carbons (Fsp3) is 0.409. The zero-order chi connectivity index (χ0) is 21.3. The predicted molar refractivity (Wildman–Crippen MR) is 113 cm³/mol. The van der Waals surface area contributed by atoms with Gasteiger partial charge in [0.25, 0.3) is 5.91 Å². The van der Waals surface area contributed by atoms with Crippen LogP contribution in [0.2, 0.25) is 0 Å². The number of methoxy groups -OCH3 is 1. The summed E-state index contributed by atoms with van der Waals surface area (Å²) in [4.78, 5) is 25.1. The number of hydrogen-bond acceptors (Lipinski definition) is 6. The van der Waals surface area contributed by atoms with Gasteiger partial charge in [0.05, 0.1) is 12.0 Å². The lowest BCUT2D eigenvalue weighted by Crippen LogP contribution is -2.31. The first-order valence-electron chi connectivity index (χ1n) is 10.1. The van der Waals surface area contributed by atoms with Crippen molar-refractivity contribution in [1.82, 2.24) is 10.2 Å². The van der Waals surface area contributed by atoms with Gasteiger partial charge >= 0.3 is 5.69 Å². The molecule has 8 heteroatoms. The number of likely N-dealkylation sites (tertiary alicyclic amines) is 1. The largest absolute Gasteiger partial charge is 0.490 e. The number of amides is 1. The number of ether oxygens (including phenoxy) is 2. The molecule has 0 atom stereocenters. The van der Waals surface area contributed by atoms with Crippen molar-refractivity contribution in [3.63, 3.8) is 0 Å². The summed E-state index contributed by atoms with van der Waals surface area (Å²) in [5, 5.41) is 13.8. The van der Waals surface area contributed by atoms with Gasteiger partial charge in [0, 0.05) is 25.2 Å². The van der Waals surface area contributed by atoms with Crippen LogP contribution in [-0.4, -0.2) is 42.5 Å². The fourth-order valence-corrected chi connectivity index (χ4v) is 3.53. The second-order valence-corrected chi connectivity index (χ2v) is 7.26. The quantitative estimate of drug-likeness (QED) is 0.501. The van der Waals surface area contributed by atoms with Crippen molar-refractivity contribution >= 4 is 11.6 Å². The van der Waals surface area contributed by atoms with Crippen molar-refractivity contribution < 1.29 is 19.2 Å². The SMILES string of the molecule is COc1cc(OCC(=O)NCc2ccccc2CN2CCCCC2)ccc1[N+](=O)[O-]. The Labute approximate surface area is 175 Å². The summed E-state index contributed by atoms with van der Waals surface area (Å²) in [6.07, 6.45) is 3.78. The van der Waals surface area contributed by atoms with Crippen molar-refractivity contribution in [2.45, 2.75) is 32.4 Å². The molecule has 0 aliphatic carbocycles. The van der Waals surface area contributed by atoms with Crippen molar-refractivity contribution in [2.75, 3.05) is 26.8 Å². The second kappa shape index (κ2) is 10.6. The molecule has 2 aromatic rings. The number of piperidine rings is 1. The molecular formula is C22H27N3O5. The zero-order valence-corrected chi connectivity index (χ0v) is 17.1. The molecule has 30 heavy (non-hydrogen) atoms. The summed E-state index contributed by atoms with van der Waals surface area (Å²) < 4.78 is 10.5. The minimum absolute atomic E-state index is 0.0875. The predicted octanol–water partition coefficient (Wildman–Crippen LogP) is 3.28. The summed E-state index contributed by atoms with van der Waals surface area (Å²) in [5.74, 6) is 0.155. The summed E-state index contributed by atoms with van der Waals surface area (Å²) in [6.45, 7) is 3.37. The van der Waals surface area contributed by atoms with Crippen molar-refractivity contribution in [3.8, 4) is 11.5 Å². The Balaban J connectivity index is 1.52. The number of carbonyl (C=O) groups excluding carboxylic acids is 1. The molecule has 0 unspecified atom stereocenters. The van der Waals surface area contributed by atoms with Gasteiger partial charge in [-0.05, 0) is 43.1 Å². The van der Waals surface area contributed by atoms with E-state index in [1.54, 1.807) is 0 Å². The van der Waals surface area contributed by atoms with Gasteiger partial charge in [0.15, 0.2) is 6.61 Å². The van der Waals surface area contributed by atoms with E-state index >= 15 is 0 Å². The Bertz CT molecular complexity index is 881. The number of nitro groups is 1. The molecule has 1 aliphatic heterocycles. The summed E-state index contributed by atoms with van der Waals surface area (Å²) in [7, 11) is 1.35. The monoisotopic (exact) mass is 413 g/mol. The highest BCUT2D eigenvalue weighted by Gasteiger charge is 2.16. The molecule has 8 nitrogen and oxygen atoms in total. The van der Waals surface area contributed by atoms with E-state index in [9.17, 15) is 14.9 Å². The van der Waals surface area contributed by atoms with Gasteiger partial charge in [-0.1, -0.05) is 30.7 Å². The molecule has 0 saturated carbocycles. The van der Waals surface area contributed by atoms with Crippen LogP contribution in [0.1, 0.15) is 30.4 Å². The first kappa shape index (κ1) is 21.6. The van der Waals surface area contributed by atoms with Crippen LogP contribution in [-0.2, 0) is 17.9 Å². The Kier molecular flexibility index (Phi) is 7.62. The highest BCUT2D eigenvalue weighted by Crippen LogP contribution is 2.30. The Hall–Kier alpha value is -3.13. The Morgan fingerprint density at radius 1 is 1.13 bits per heavy atom. The van der Waals surface area contributed by atoms with Crippen LogP contribution >= 0.6 is 0 Å². The number of hydrogen-bond donors (Lipinski definition) is 1. The minimum atomic E-state index is -0.531. The van der Waals surface area contributed by atoms with Crippen LogP contribution < -0.4 is 14.8 Å². The number of benzene rings is 2. The Morgan fingerprint density at radius 3 is 2.57 bits per heavy atom. The highest BCUT2D eigenvalue weighted by molar-refractivity contribution is 5.77. The number of nitrogens with one attached hydrogen (secondary N) is 1. The molecule has 1 N–H and O–H groups in total. The first-order chi connectivity index (χ1) is 14.6. The average Bonchev–Trinajstić information content (AvgIpc) is 2.77. The first-order valence-corrected chi connectivity index (χ1v) is 10.1. The number of carbonyl (C=O) groups is 1. The van der Waals surface area contributed by atoms with Gasteiger partial charge in [-0.15, -0.1) is 0 Å². The molecule has 2 aromatic carbocycles. The van der Waals surface area contributed by atoms with Crippen LogP contribution in [0.5, 0.6) is 11.5 Å². The maximum atomic E-state index is 12.2.